The van der Waals surface area contributed by atoms with Crippen molar-refractivity contribution in [2.24, 2.45) is 7.05 Å². The maximum Gasteiger partial charge on any atom is 0.263 e. The first-order valence-corrected chi connectivity index (χ1v) is 13.3. The third kappa shape index (κ3) is 4.26. The van der Waals surface area contributed by atoms with Crippen molar-refractivity contribution in [2.75, 3.05) is 12.4 Å². The first kappa shape index (κ1) is 23.1. The van der Waals surface area contributed by atoms with Gasteiger partial charge in [-0.05, 0) is 38.3 Å². The minimum atomic E-state index is -0.0882. The number of fused-ring (bicyclic) bond motifs is 1. The van der Waals surface area contributed by atoms with Gasteiger partial charge in [-0.3, -0.25) is 14.2 Å². The molecule has 8 heteroatoms. The number of ketones is 1. The Labute approximate surface area is 206 Å². The van der Waals surface area contributed by atoms with E-state index in [9.17, 15) is 9.59 Å². The van der Waals surface area contributed by atoms with E-state index in [1.165, 1.54) is 23.1 Å². The largest absolute Gasteiger partial charge is 0.376 e. The van der Waals surface area contributed by atoms with E-state index in [4.69, 9.17) is 9.72 Å². The van der Waals surface area contributed by atoms with Crippen LogP contribution in [0.3, 0.4) is 0 Å². The van der Waals surface area contributed by atoms with Crippen LogP contribution in [0.1, 0.15) is 34.6 Å². The van der Waals surface area contributed by atoms with Gasteiger partial charge in [0.15, 0.2) is 10.9 Å². The summed E-state index contributed by atoms with van der Waals surface area (Å²) >= 11 is 2.78. The average Bonchev–Trinajstić information content (AvgIpc) is 3.57. The molecule has 0 unspecified atom stereocenters. The molecule has 176 valence electrons. The number of thiophene rings is 1. The fourth-order valence-electron chi connectivity index (χ4n) is 4.58. The number of ether oxygens (including phenoxy) is 1. The Morgan fingerprint density at radius 2 is 2.06 bits per heavy atom. The van der Waals surface area contributed by atoms with Gasteiger partial charge in [-0.1, -0.05) is 42.1 Å². The third-order valence-electron chi connectivity index (χ3n) is 6.48. The molecule has 0 radical (unpaired) electrons. The monoisotopic (exact) mass is 493 g/mol. The lowest BCUT2D eigenvalue weighted by molar-refractivity contribution is 0.0957. The topological polar surface area (TPSA) is 66.1 Å². The van der Waals surface area contributed by atoms with Gasteiger partial charge in [0.1, 0.15) is 4.83 Å². The lowest BCUT2D eigenvalue weighted by atomic mass is 10.1. The maximum absolute atomic E-state index is 13.2. The number of rotatable bonds is 7. The molecule has 4 heterocycles. The summed E-state index contributed by atoms with van der Waals surface area (Å²) in [6.45, 7) is 5.63. The number of carbonyl (C=O) groups is 1. The first-order valence-electron chi connectivity index (χ1n) is 11.4. The zero-order valence-corrected chi connectivity index (χ0v) is 21.2. The van der Waals surface area contributed by atoms with Crippen molar-refractivity contribution < 1.29 is 9.53 Å². The number of nitrogens with zero attached hydrogens (tertiary/aromatic N) is 3. The lowest BCUT2D eigenvalue weighted by Crippen LogP contribution is -2.20. The Morgan fingerprint density at radius 1 is 1.26 bits per heavy atom. The molecule has 1 aliphatic rings. The second kappa shape index (κ2) is 9.52. The molecule has 5 rings (SSSR count). The predicted molar refractivity (Wildman–Crippen MR) is 138 cm³/mol. The number of benzene rings is 1. The van der Waals surface area contributed by atoms with Gasteiger partial charge in [0.05, 0.1) is 17.2 Å². The van der Waals surface area contributed by atoms with Crippen molar-refractivity contribution in [1.82, 2.24) is 14.1 Å². The molecule has 6 nitrogen and oxygen atoms in total. The molecular formula is C26H27N3O3S2. The van der Waals surface area contributed by atoms with Gasteiger partial charge in [0, 0.05) is 48.1 Å². The molecule has 3 aromatic heterocycles. The summed E-state index contributed by atoms with van der Waals surface area (Å²) in [5.41, 5.74) is 4.59. The smallest absolute Gasteiger partial charge is 0.263 e. The Hall–Kier alpha value is -2.68. The number of Topliss-reactive ketones (excluding diaryl/α,β-unsaturated/α-hetero) is 1. The summed E-state index contributed by atoms with van der Waals surface area (Å²) < 4.78 is 9.52. The van der Waals surface area contributed by atoms with E-state index >= 15 is 0 Å². The van der Waals surface area contributed by atoms with Crippen LogP contribution < -0.4 is 5.56 Å². The SMILES string of the molecule is Cc1cc(C(=O)CSc2nc3scc(-c4ccccc4)c3c(=O)n2C)c(C)n1C[C@H]1CCCO1. The van der Waals surface area contributed by atoms with Gasteiger partial charge in [0.2, 0.25) is 0 Å². The predicted octanol–water partition coefficient (Wildman–Crippen LogP) is 5.23. The van der Waals surface area contributed by atoms with Crippen molar-refractivity contribution in [3.05, 3.63) is 69.1 Å². The van der Waals surface area contributed by atoms with E-state index in [1.54, 1.807) is 11.6 Å². The third-order valence-corrected chi connectivity index (χ3v) is 8.38. The summed E-state index contributed by atoms with van der Waals surface area (Å²) in [4.78, 5) is 31.7. The standard InChI is InChI=1S/C26H27N3O3S2/c1-16-12-20(17(2)29(16)13-19-10-7-11-32-19)22(30)15-34-26-27-24-23(25(31)28(26)3)21(14-33-24)18-8-5-4-6-9-18/h4-6,8-9,12,14,19H,7,10-11,13,15H2,1-3H3/t19-/m1/s1. The summed E-state index contributed by atoms with van der Waals surface area (Å²) in [7, 11) is 1.72. The van der Waals surface area contributed by atoms with Gasteiger partial charge in [-0.2, -0.15) is 0 Å². The van der Waals surface area contributed by atoms with E-state index in [0.29, 0.717) is 15.4 Å². The zero-order valence-electron chi connectivity index (χ0n) is 19.5. The zero-order chi connectivity index (χ0) is 23.8. The van der Waals surface area contributed by atoms with Crippen LogP contribution in [0, 0.1) is 13.8 Å². The molecule has 1 aromatic carbocycles. The molecule has 0 amide bonds. The molecule has 0 bridgehead atoms. The normalized spacial score (nSPS) is 15.9. The first-order chi connectivity index (χ1) is 16.4. The highest BCUT2D eigenvalue weighted by Gasteiger charge is 2.22. The lowest BCUT2D eigenvalue weighted by Gasteiger charge is -2.14. The Kier molecular flexibility index (Phi) is 6.46. The number of hydrogen-bond donors (Lipinski definition) is 0. The van der Waals surface area contributed by atoms with E-state index in [2.05, 4.69) is 4.57 Å². The Morgan fingerprint density at radius 3 is 2.79 bits per heavy atom. The highest BCUT2D eigenvalue weighted by Crippen LogP contribution is 2.32. The van der Waals surface area contributed by atoms with Crippen molar-refractivity contribution in [3.63, 3.8) is 0 Å². The Bertz CT molecular complexity index is 1410. The van der Waals surface area contributed by atoms with Gasteiger partial charge in [0.25, 0.3) is 5.56 Å². The molecule has 0 aliphatic carbocycles. The fourth-order valence-corrected chi connectivity index (χ4v) is 6.42. The van der Waals surface area contributed by atoms with E-state index in [1.807, 2.05) is 55.6 Å². The Balaban J connectivity index is 1.37. The highest BCUT2D eigenvalue weighted by molar-refractivity contribution is 7.99. The quantitative estimate of drug-likeness (QED) is 0.200. The van der Waals surface area contributed by atoms with Gasteiger partial charge < -0.3 is 9.30 Å². The van der Waals surface area contributed by atoms with Crippen LogP contribution in [0.4, 0.5) is 0 Å². The number of aromatic nitrogens is 3. The van der Waals surface area contributed by atoms with Crippen LogP contribution in [0.2, 0.25) is 0 Å². The fraction of sp³-hybridized carbons (Fsp3) is 0.346. The van der Waals surface area contributed by atoms with Crippen molar-refractivity contribution >= 4 is 39.1 Å². The summed E-state index contributed by atoms with van der Waals surface area (Å²) in [6, 6.07) is 11.8. The molecule has 0 saturated carbocycles. The van der Waals surface area contributed by atoms with Crippen LogP contribution in [-0.2, 0) is 18.3 Å². The van der Waals surface area contributed by atoms with E-state index < -0.39 is 0 Å². The van der Waals surface area contributed by atoms with Crippen LogP contribution >= 0.6 is 23.1 Å². The number of hydrogen-bond acceptors (Lipinski definition) is 6. The molecule has 1 fully saturated rings. The van der Waals surface area contributed by atoms with Gasteiger partial charge >= 0.3 is 0 Å². The van der Waals surface area contributed by atoms with Crippen molar-refractivity contribution in [2.45, 2.75) is 44.5 Å². The summed E-state index contributed by atoms with van der Waals surface area (Å²) in [5, 5.41) is 3.17. The molecule has 0 spiro atoms. The second-order valence-corrected chi connectivity index (χ2v) is 10.5. The van der Waals surface area contributed by atoms with Crippen molar-refractivity contribution in [1.29, 1.82) is 0 Å². The molecule has 34 heavy (non-hydrogen) atoms. The van der Waals surface area contributed by atoms with Crippen LogP contribution in [-0.4, -0.2) is 38.4 Å². The van der Waals surface area contributed by atoms with E-state index in [0.717, 1.165) is 54.1 Å². The van der Waals surface area contributed by atoms with Crippen LogP contribution in [0.25, 0.3) is 21.3 Å². The van der Waals surface area contributed by atoms with Crippen molar-refractivity contribution in [3.8, 4) is 11.1 Å². The number of thioether (sulfide) groups is 1. The summed E-state index contributed by atoms with van der Waals surface area (Å²) in [5.74, 6) is 0.273. The molecule has 1 aliphatic heterocycles. The van der Waals surface area contributed by atoms with Crippen LogP contribution in [0.5, 0.6) is 0 Å². The molecule has 0 N–H and O–H groups in total. The average molecular weight is 494 g/mol. The minimum Gasteiger partial charge on any atom is -0.376 e. The van der Waals surface area contributed by atoms with Gasteiger partial charge in [-0.25, -0.2) is 4.98 Å². The molecule has 1 saturated heterocycles. The highest BCUT2D eigenvalue weighted by atomic mass is 32.2. The molecular weight excluding hydrogens is 466 g/mol. The molecule has 4 aromatic rings. The maximum atomic E-state index is 13.2. The van der Waals surface area contributed by atoms with E-state index in [-0.39, 0.29) is 23.2 Å². The molecule has 1 atom stereocenters. The van der Waals surface area contributed by atoms with Gasteiger partial charge in [-0.15, -0.1) is 11.3 Å². The van der Waals surface area contributed by atoms with Crippen LogP contribution in [0.15, 0.2) is 51.7 Å². The number of carbonyl (C=O) groups excluding carboxylic acids is 1. The minimum absolute atomic E-state index is 0.0437. The summed E-state index contributed by atoms with van der Waals surface area (Å²) in [6.07, 6.45) is 2.38. The number of aryl methyl sites for hydroxylation is 1. The second-order valence-electron chi connectivity index (χ2n) is 8.70.